The average Bonchev–Trinajstić information content (AvgIpc) is 3.61. The summed E-state index contributed by atoms with van der Waals surface area (Å²) >= 11 is 3.12. The van der Waals surface area contributed by atoms with Crippen LogP contribution >= 0.6 is 15.9 Å². The molecule has 0 saturated carbocycles. The average molecular weight is 916 g/mol. The molecule has 4 heterocycles. The van der Waals surface area contributed by atoms with Gasteiger partial charge in [0.25, 0.3) is 0 Å². The van der Waals surface area contributed by atoms with Gasteiger partial charge in [0.15, 0.2) is 16.6 Å². The first-order valence-electron chi connectivity index (χ1n) is 20.4. The highest BCUT2D eigenvalue weighted by Gasteiger charge is 2.38. The molecule has 2 aromatic heterocycles. The van der Waals surface area contributed by atoms with Gasteiger partial charge in [-0.15, -0.1) is 0 Å². The van der Waals surface area contributed by atoms with E-state index in [1.807, 2.05) is 48.5 Å². The third-order valence-electron chi connectivity index (χ3n) is 11.8. The molecule has 2 unspecified atom stereocenters. The first kappa shape index (κ1) is 47.8. The Morgan fingerprint density at radius 1 is 0.661 bits per heavy atom. The maximum Gasteiger partial charge on any atom is 0.329 e. The number of para-hydroxylation sites is 4. The summed E-state index contributed by atoms with van der Waals surface area (Å²) in [4.78, 5) is 72.8. The van der Waals surface area contributed by atoms with E-state index in [4.69, 9.17) is 8.85 Å². The molecule has 2 atom stereocenters. The SMILES string of the molecule is CC(C)(C)[Si](C)(C)OCCCn1c(=O)[nH]c2ccccc21.CC(C)(C)[Si](C)(C)OCCCn1c(=O)n(C2CCC(=O)NC2=O)c2ccccc21.O=C1CCC(Br)C(=O)N1. The fourth-order valence-electron chi connectivity index (χ4n) is 6.21. The van der Waals surface area contributed by atoms with Crippen LogP contribution in [-0.4, -0.2) is 77.0 Å². The summed E-state index contributed by atoms with van der Waals surface area (Å²) in [5.41, 5.74) is 3.13. The Kier molecular flexibility index (Phi) is 15.9. The van der Waals surface area contributed by atoms with Crippen LogP contribution in [0, 0.1) is 0 Å². The van der Waals surface area contributed by atoms with Crippen molar-refractivity contribution >= 4 is 78.3 Å². The number of piperidine rings is 2. The highest BCUT2D eigenvalue weighted by molar-refractivity contribution is 9.10. The van der Waals surface area contributed by atoms with Crippen molar-refractivity contribution in [3.05, 3.63) is 69.5 Å². The molecule has 4 aromatic rings. The van der Waals surface area contributed by atoms with E-state index in [2.05, 4.69) is 99.3 Å². The highest BCUT2D eigenvalue weighted by Crippen LogP contribution is 2.37. The van der Waals surface area contributed by atoms with Crippen molar-refractivity contribution in [2.24, 2.45) is 0 Å². The predicted octanol–water partition coefficient (Wildman–Crippen LogP) is 7.12. The molecule has 0 spiro atoms. The van der Waals surface area contributed by atoms with Gasteiger partial charge in [-0.2, -0.15) is 0 Å². The maximum absolute atomic E-state index is 13.2. The second-order valence-corrected chi connectivity index (χ2v) is 28.9. The third kappa shape index (κ3) is 12.1. The molecule has 324 valence electrons. The number of nitrogens with one attached hydrogen (secondary N) is 3. The van der Waals surface area contributed by atoms with Crippen molar-refractivity contribution in [3.63, 3.8) is 0 Å². The smallest absolute Gasteiger partial charge is 0.329 e. The van der Waals surface area contributed by atoms with E-state index in [-0.39, 0.29) is 50.4 Å². The second-order valence-electron chi connectivity index (χ2n) is 18.2. The fraction of sp³-hybridized carbons (Fsp3) is 0.571. The number of imidazole rings is 2. The maximum atomic E-state index is 13.2. The first-order chi connectivity index (χ1) is 27.4. The van der Waals surface area contributed by atoms with Gasteiger partial charge in [0, 0.05) is 39.1 Å². The summed E-state index contributed by atoms with van der Waals surface area (Å²) in [6.07, 6.45) is 3.21. The molecular weight excluding hydrogens is 853 g/mol. The summed E-state index contributed by atoms with van der Waals surface area (Å²) in [5.74, 6) is -1.08. The molecule has 2 aliphatic rings. The van der Waals surface area contributed by atoms with Crippen LogP contribution in [0.1, 0.15) is 86.1 Å². The van der Waals surface area contributed by atoms with Gasteiger partial charge in [0.05, 0.1) is 26.9 Å². The van der Waals surface area contributed by atoms with Crippen molar-refractivity contribution in [1.29, 1.82) is 0 Å². The van der Waals surface area contributed by atoms with E-state index >= 15 is 0 Å². The Bertz CT molecular complexity index is 2240. The quantitative estimate of drug-likeness (QED) is 0.0617. The summed E-state index contributed by atoms with van der Waals surface area (Å²) in [6, 6.07) is 14.6. The zero-order valence-corrected chi connectivity index (χ0v) is 39.9. The number of nitrogens with zero attached hydrogens (tertiary/aromatic N) is 3. The molecule has 14 nitrogen and oxygen atoms in total. The van der Waals surface area contributed by atoms with Crippen molar-refractivity contribution in [3.8, 4) is 0 Å². The molecule has 2 aliphatic heterocycles. The van der Waals surface area contributed by atoms with Crippen LogP contribution < -0.4 is 22.0 Å². The number of aryl methyl sites for hydroxylation is 2. The van der Waals surface area contributed by atoms with E-state index in [0.717, 1.165) is 34.9 Å². The Labute approximate surface area is 357 Å². The number of carbonyl (C=O) groups is 4. The molecule has 3 N–H and O–H groups in total. The van der Waals surface area contributed by atoms with Crippen molar-refractivity contribution in [2.75, 3.05) is 13.2 Å². The van der Waals surface area contributed by atoms with Gasteiger partial charge < -0.3 is 13.8 Å². The van der Waals surface area contributed by atoms with Crippen molar-refractivity contribution in [2.45, 2.75) is 140 Å². The van der Waals surface area contributed by atoms with Gasteiger partial charge >= 0.3 is 11.4 Å². The molecule has 6 rings (SSSR count). The van der Waals surface area contributed by atoms with Crippen LogP contribution in [-0.2, 0) is 41.1 Å². The zero-order chi connectivity index (χ0) is 43.9. The lowest BCUT2D eigenvalue weighted by atomic mass is 10.1. The number of hydrogen-bond donors (Lipinski definition) is 3. The number of rotatable bonds is 11. The van der Waals surface area contributed by atoms with Crippen molar-refractivity contribution < 1.29 is 28.0 Å². The highest BCUT2D eigenvalue weighted by atomic mass is 79.9. The number of aromatic amines is 1. The number of carbonyl (C=O) groups excluding carboxylic acids is 4. The van der Waals surface area contributed by atoms with Gasteiger partial charge in [-0.05, 0) is 86.2 Å². The second kappa shape index (κ2) is 19.6. The van der Waals surface area contributed by atoms with Crippen LogP contribution in [0.5, 0.6) is 0 Å². The Hall–Kier alpha value is -3.91. The number of H-pyrrole nitrogens is 1. The lowest BCUT2D eigenvalue weighted by Crippen LogP contribution is -2.44. The topological polar surface area (TPSA) is 176 Å². The van der Waals surface area contributed by atoms with E-state index in [9.17, 15) is 28.8 Å². The lowest BCUT2D eigenvalue weighted by Gasteiger charge is -2.36. The van der Waals surface area contributed by atoms with Crippen LogP contribution in [0.4, 0.5) is 0 Å². The van der Waals surface area contributed by atoms with Gasteiger partial charge in [-0.25, -0.2) is 9.59 Å². The molecule has 17 heteroatoms. The minimum absolute atomic E-state index is 0.0384. The number of aromatic nitrogens is 4. The number of halogens is 1. The van der Waals surface area contributed by atoms with Crippen LogP contribution in [0.25, 0.3) is 22.1 Å². The molecule has 0 radical (unpaired) electrons. The molecule has 59 heavy (non-hydrogen) atoms. The van der Waals surface area contributed by atoms with Crippen molar-refractivity contribution in [1.82, 2.24) is 29.3 Å². The minimum Gasteiger partial charge on any atom is -0.417 e. The Morgan fingerprint density at radius 2 is 1.14 bits per heavy atom. The number of hydrogen-bond acceptors (Lipinski definition) is 8. The summed E-state index contributed by atoms with van der Waals surface area (Å²) in [7, 11) is -3.51. The van der Waals surface area contributed by atoms with E-state index < -0.39 is 28.6 Å². The Balaban J connectivity index is 0.000000222. The normalized spacial score (nSPS) is 17.9. The van der Waals surface area contributed by atoms with Crippen LogP contribution in [0.2, 0.25) is 36.3 Å². The lowest BCUT2D eigenvalue weighted by molar-refractivity contribution is -0.136. The molecule has 0 bridgehead atoms. The van der Waals surface area contributed by atoms with Gasteiger partial charge in [-0.3, -0.25) is 43.5 Å². The molecule has 4 amide bonds. The van der Waals surface area contributed by atoms with E-state index in [1.54, 1.807) is 9.13 Å². The van der Waals surface area contributed by atoms with Gasteiger partial charge in [0.1, 0.15) is 6.04 Å². The number of alkyl halides is 1. The van der Waals surface area contributed by atoms with Crippen LogP contribution in [0.3, 0.4) is 0 Å². The van der Waals surface area contributed by atoms with E-state index in [1.165, 1.54) is 4.57 Å². The Morgan fingerprint density at radius 3 is 1.64 bits per heavy atom. The van der Waals surface area contributed by atoms with E-state index in [0.29, 0.717) is 45.6 Å². The van der Waals surface area contributed by atoms with Gasteiger partial charge in [0.2, 0.25) is 23.6 Å². The molecular formula is C42H63BrN6O8Si2. The standard InChI is InChI=1S/C21H31N3O4Si.C16H26N2O2Si.C5H6BrNO2/c1-21(2,3)29(4,5)28-14-8-13-23-15-9-6-7-10-16(15)24(20(23)27)17-11-12-18(25)22-19(17)26;1-16(2,3)21(4,5)20-12-8-11-18-14-10-7-6-9-13(14)17-15(18)19;6-3-1-2-4(8)7-5(3)9/h6-7,9-10,17H,8,11-14H2,1-5H3,(H,22,25,26);6-7,9-10H,8,11-12H2,1-5H3,(H,17,19);3H,1-2H2,(H,7,8,9). The molecule has 2 saturated heterocycles. The molecule has 2 aromatic carbocycles. The summed E-state index contributed by atoms with van der Waals surface area (Å²) in [6.45, 7) is 24.8. The monoisotopic (exact) mass is 914 g/mol. The molecule has 2 fully saturated rings. The minimum atomic E-state index is -1.83. The first-order valence-corrected chi connectivity index (χ1v) is 27.1. The number of fused-ring (bicyclic) bond motifs is 2. The predicted molar refractivity (Wildman–Crippen MR) is 241 cm³/mol. The largest absolute Gasteiger partial charge is 0.417 e. The number of benzene rings is 2. The summed E-state index contributed by atoms with van der Waals surface area (Å²) < 4.78 is 17.4. The number of imide groups is 2. The number of amides is 4. The fourth-order valence-corrected chi connectivity index (χ4v) is 8.73. The molecule has 0 aliphatic carbocycles. The van der Waals surface area contributed by atoms with Gasteiger partial charge in [-0.1, -0.05) is 81.7 Å². The van der Waals surface area contributed by atoms with Crippen LogP contribution in [0.15, 0.2) is 58.1 Å². The summed E-state index contributed by atoms with van der Waals surface area (Å²) in [5, 5.41) is 4.93. The third-order valence-corrected chi connectivity index (χ3v) is 21.8. The zero-order valence-electron chi connectivity index (χ0n) is 36.3.